The third kappa shape index (κ3) is 3.42. The van der Waals surface area contributed by atoms with E-state index in [1.165, 1.54) is 0 Å². The monoisotopic (exact) mass is 193 g/mol. The predicted molar refractivity (Wildman–Crippen MR) is 58.0 cm³/mol. The Morgan fingerprint density at radius 3 is 2.29 bits per heavy atom. The largest absolute Gasteiger partial charge is 0.310 e. The zero-order valence-corrected chi connectivity index (χ0v) is 9.41. The molecule has 1 unspecified atom stereocenters. The summed E-state index contributed by atoms with van der Waals surface area (Å²) in [6.07, 6.45) is 3.78. The molecule has 1 rings (SSSR count). The standard InChI is InChI=1S/C11H19N3/c1-8(2)5-12-9(3)11-6-13-10(4)14-7-11/h6-9,12H,5H2,1-4H3. The molecule has 1 aromatic rings. The van der Waals surface area contributed by atoms with Gasteiger partial charge in [0.2, 0.25) is 0 Å². The molecule has 78 valence electrons. The molecule has 0 saturated carbocycles. The summed E-state index contributed by atoms with van der Waals surface area (Å²) in [5.41, 5.74) is 1.15. The Hall–Kier alpha value is -0.960. The van der Waals surface area contributed by atoms with E-state index in [1.54, 1.807) is 0 Å². The van der Waals surface area contributed by atoms with Crippen LogP contribution in [-0.2, 0) is 0 Å². The molecule has 14 heavy (non-hydrogen) atoms. The van der Waals surface area contributed by atoms with Gasteiger partial charge in [-0.3, -0.25) is 0 Å². The van der Waals surface area contributed by atoms with E-state index >= 15 is 0 Å². The minimum atomic E-state index is 0.331. The van der Waals surface area contributed by atoms with E-state index in [4.69, 9.17) is 0 Å². The van der Waals surface area contributed by atoms with E-state index in [0.717, 1.165) is 17.9 Å². The summed E-state index contributed by atoms with van der Waals surface area (Å²) in [7, 11) is 0. The van der Waals surface area contributed by atoms with Crippen LogP contribution in [-0.4, -0.2) is 16.5 Å². The molecule has 0 aromatic carbocycles. The van der Waals surface area contributed by atoms with Crippen molar-refractivity contribution in [1.29, 1.82) is 0 Å². The Balaban J connectivity index is 2.52. The maximum atomic E-state index is 4.18. The third-order valence-corrected chi connectivity index (χ3v) is 2.13. The third-order valence-electron chi connectivity index (χ3n) is 2.13. The van der Waals surface area contributed by atoms with E-state index in [0.29, 0.717) is 12.0 Å². The van der Waals surface area contributed by atoms with Gasteiger partial charge in [-0.2, -0.15) is 0 Å². The number of rotatable bonds is 4. The molecule has 0 aliphatic rings. The first-order valence-electron chi connectivity index (χ1n) is 5.11. The van der Waals surface area contributed by atoms with E-state index in [-0.39, 0.29) is 0 Å². The quantitative estimate of drug-likeness (QED) is 0.795. The smallest absolute Gasteiger partial charge is 0.125 e. The average molecular weight is 193 g/mol. The second-order valence-corrected chi connectivity index (χ2v) is 4.09. The van der Waals surface area contributed by atoms with E-state index in [9.17, 15) is 0 Å². The number of aryl methyl sites for hydroxylation is 1. The molecule has 0 saturated heterocycles. The van der Waals surface area contributed by atoms with Crippen molar-refractivity contribution in [2.24, 2.45) is 5.92 Å². The molecule has 0 spiro atoms. The average Bonchev–Trinajstić information content (AvgIpc) is 2.15. The van der Waals surface area contributed by atoms with Crippen LogP contribution in [0.15, 0.2) is 12.4 Å². The number of hydrogen-bond acceptors (Lipinski definition) is 3. The molecule has 0 radical (unpaired) electrons. The molecule has 3 heteroatoms. The van der Waals surface area contributed by atoms with Crippen molar-refractivity contribution < 1.29 is 0 Å². The number of nitrogens with zero attached hydrogens (tertiary/aromatic N) is 2. The van der Waals surface area contributed by atoms with E-state index in [2.05, 4.69) is 36.1 Å². The van der Waals surface area contributed by atoms with Gasteiger partial charge in [0.1, 0.15) is 5.82 Å². The zero-order valence-electron chi connectivity index (χ0n) is 9.41. The normalized spacial score (nSPS) is 13.2. The van der Waals surface area contributed by atoms with Crippen LogP contribution in [0.3, 0.4) is 0 Å². The van der Waals surface area contributed by atoms with Crippen molar-refractivity contribution in [3.8, 4) is 0 Å². The molecule has 1 heterocycles. The SMILES string of the molecule is Cc1ncc(C(C)NCC(C)C)cn1. The first-order valence-corrected chi connectivity index (χ1v) is 5.11. The van der Waals surface area contributed by atoms with Crippen molar-refractivity contribution in [2.45, 2.75) is 33.7 Å². The summed E-state index contributed by atoms with van der Waals surface area (Å²) < 4.78 is 0. The summed E-state index contributed by atoms with van der Waals surface area (Å²) >= 11 is 0. The highest BCUT2D eigenvalue weighted by Gasteiger charge is 2.05. The second kappa shape index (κ2) is 5.05. The molecule has 0 fully saturated rings. The van der Waals surface area contributed by atoms with Crippen molar-refractivity contribution in [2.75, 3.05) is 6.54 Å². The Labute approximate surface area is 86.0 Å². The highest BCUT2D eigenvalue weighted by Crippen LogP contribution is 2.09. The van der Waals surface area contributed by atoms with Gasteiger partial charge in [0.15, 0.2) is 0 Å². The first-order chi connectivity index (χ1) is 6.59. The number of aromatic nitrogens is 2. The highest BCUT2D eigenvalue weighted by atomic mass is 14.9. The van der Waals surface area contributed by atoms with E-state index < -0.39 is 0 Å². The van der Waals surface area contributed by atoms with Crippen LogP contribution in [0.5, 0.6) is 0 Å². The highest BCUT2D eigenvalue weighted by molar-refractivity contribution is 5.09. The Kier molecular flexibility index (Phi) is 4.01. The molecule has 0 aliphatic heterocycles. The minimum absolute atomic E-state index is 0.331. The van der Waals surface area contributed by atoms with Gasteiger partial charge in [0.05, 0.1) is 0 Å². The van der Waals surface area contributed by atoms with Gasteiger partial charge in [-0.15, -0.1) is 0 Å². The zero-order chi connectivity index (χ0) is 10.6. The number of hydrogen-bond donors (Lipinski definition) is 1. The van der Waals surface area contributed by atoms with E-state index in [1.807, 2.05) is 19.3 Å². The molecule has 1 atom stereocenters. The van der Waals surface area contributed by atoms with Gasteiger partial charge in [-0.1, -0.05) is 13.8 Å². The van der Waals surface area contributed by atoms with Gasteiger partial charge >= 0.3 is 0 Å². The second-order valence-electron chi connectivity index (χ2n) is 4.09. The Bertz CT molecular complexity index is 266. The molecular formula is C11H19N3. The van der Waals surface area contributed by atoms with Gasteiger partial charge in [0, 0.05) is 24.0 Å². The van der Waals surface area contributed by atoms with Gasteiger partial charge < -0.3 is 5.32 Å². The van der Waals surface area contributed by atoms with Crippen LogP contribution in [0.25, 0.3) is 0 Å². The molecule has 0 bridgehead atoms. The van der Waals surface area contributed by atoms with Crippen LogP contribution in [0.1, 0.15) is 38.2 Å². The van der Waals surface area contributed by atoms with Gasteiger partial charge in [-0.25, -0.2) is 9.97 Å². The number of nitrogens with one attached hydrogen (secondary N) is 1. The van der Waals surface area contributed by atoms with Crippen molar-refractivity contribution in [3.05, 3.63) is 23.8 Å². The molecular weight excluding hydrogens is 174 g/mol. The van der Waals surface area contributed by atoms with Crippen molar-refractivity contribution in [3.63, 3.8) is 0 Å². The molecule has 3 nitrogen and oxygen atoms in total. The lowest BCUT2D eigenvalue weighted by molar-refractivity contribution is 0.494. The summed E-state index contributed by atoms with van der Waals surface area (Å²) in [6.45, 7) is 9.46. The molecule has 0 aliphatic carbocycles. The lowest BCUT2D eigenvalue weighted by Gasteiger charge is -2.15. The minimum Gasteiger partial charge on any atom is -0.310 e. The van der Waals surface area contributed by atoms with Gasteiger partial charge in [-0.05, 0) is 26.3 Å². The van der Waals surface area contributed by atoms with Crippen molar-refractivity contribution in [1.82, 2.24) is 15.3 Å². The fraction of sp³-hybridized carbons (Fsp3) is 0.636. The van der Waals surface area contributed by atoms with Crippen LogP contribution in [0.2, 0.25) is 0 Å². The summed E-state index contributed by atoms with van der Waals surface area (Å²) in [5, 5.41) is 3.44. The molecule has 0 amide bonds. The Morgan fingerprint density at radius 2 is 1.79 bits per heavy atom. The van der Waals surface area contributed by atoms with Crippen molar-refractivity contribution >= 4 is 0 Å². The maximum absolute atomic E-state index is 4.18. The van der Waals surface area contributed by atoms with Gasteiger partial charge in [0.25, 0.3) is 0 Å². The van der Waals surface area contributed by atoms with Crippen LogP contribution in [0.4, 0.5) is 0 Å². The van der Waals surface area contributed by atoms with Crippen LogP contribution >= 0.6 is 0 Å². The topological polar surface area (TPSA) is 37.8 Å². The molecule has 1 N–H and O–H groups in total. The maximum Gasteiger partial charge on any atom is 0.125 e. The predicted octanol–water partition coefficient (Wildman–Crippen LogP) is 2.09. The van der Waals surface area contributed by atoms with Crippen LogP contribution < -0.4 is 5.32 Å². The summed E-state index contributed by atoms with van der Waals surface area (Å²) in [5.74, 6) is 1.49. The fourth-order valence-corrected chi connectivity index (χ4v) is 1.16. The van der Waals surface area contributed by atoms with Crippen LogP contribution in [0, 0.1) is 12.8 Å². The lowest BCUT2D eigenvalue weighted by Crippen LogP contribution is -2.23. The Morgan fingerprint density at radius 1 is 1.21 bits per heavy atom. The molecule has 1 aromatic heterocycles. The summed E-state index contributed by atoms with van der Waals surface area (Å²) in [6, 6.07) is 0.331. The first kappa shape index (κ1) is 11.1. The fourth-order valence-electron chi connectivity index (χ4n) is 1.16. The summed E-state index contributed by atoms with van der Waals surface area (Å²) in [4.78, 5) is 8.35. The lowest BCUT2D eigenvalue weighted by atomic mass is 10.1.